The molecule has 1 fully saturated rings. The number of rotatable bonds is 6. The second-order valence-electron chi connectivity index (χ2n) is 7.98. The molecule has 6 nitrogen and oxygen atoms in total. The van der Waals surface area contributed by atoms with Crippen LogP contribution in [0.1, 0.15) is 25.0 Å². The quantitative estimate of drug-likeness (QED) is 0.636. The third kappa shape index (κ3) is 9.62. The van der Waals surface area contributed by atoms with E-state index in [4.69, 9.17) is 9.44 Å². The van der Waals surface area contributed by atoms with Crippen molar-refractivity contribution in [3.05, 3.63) is 71.8 Å². The maximum absolute atomic E-state index is 11.8. The van der Waals surface area contributed by atoms with Crippen molar-refractivity contribution in [3.8, 4) is 6.07 Å². The lowest BCUT2D eigenvalue weighted by molar-refractivity contribution is 0.0431. The van der Waals surface area contributed by atoms with Crippen LogP contribution in [0.5, 0.6) is 0 Å². The molecule has 0 amide bonds. The van der Waals surface area contributed by atoms with E-state index >= 15 is 0 Å². The van der Waals surface area contributed by atoms with Crippen LogP contribution in [0.2, 0.25) is 0 Å². The zero-order valence-corrected chi connectivity index (χ0v) is 19.5. The molecule has 0 unspecified atom stereocenters. The minimum Gasteiger partial charge on any atom is -0.297 e. The fourth-order valence-electron chi connectivity index (χ4n) is 3.74. The molecule has 0 aromatic heterocycles. The number of hydrogen-bond acceptors (Lipinski definition) is 6. The van der Waals surface area contributed by atoms with Crippen LogP contribution in [0.15, 0.2) is 60.7 Å². The highest BCUT2D eigenvalue weighted by molar-refractivity contribution is 7.86. The maximum atomic E-state index is 11.8. The lowest BCUT2D eigenvalue weighted by Crippen LogP contribution is -2.48. The Morgan fingerprint density at radius 3 is 1.77 bits per heavy atom. The van der Waals surface area contributed by atoms with Crippen molar-refractivity contribution in [1.29, 1.82) is 5.26 Å². The van der Waals surface area contributed by atoms with Gasteiger partial charge in [-0.15, -0.1) is 0 Å². The third-order valence-electron chi connectivity index (χ3n) is 5.15. The van der Waals surface area contributed by atoms with Crippen molar-refractivity contribution in [2.75, 3.05) is 32.4 Å². The van der Waals surface area contributed by atoms with Gasteiger partial charge >= 0.3 is 0 Å². The Kier molecular flexibility index (Phi) is 10.2. The smallest absolute Gasteiger partial charge is 0.264 e. The van der Waals surface area contributed by atoms with Crippen LogP contribution in [0.3, 0.4) is 0 Å². The van der Waals surface area contributed by atoms with E-state index in [-0.39, 0.29) is 12.0 Å². The minimum atomic E-state index is -3.50. The van der Waals surface area contributed by atoms with Gasteiger partial charge in [0.2, 0.25) is 0 Å². The van der Waals surface area contributed by atoms with Crippen molar-refractivity contribution in [2.45, 2.75) is 33.0 Å². The number of benzene rings is 2. The van der Waals surface area contributed by atoms with Crippen LogP contribution in [0.4, 0.5) is 0 Å². The van der Waals surface area contributed by atoms with E-state index in [1.165, 1.54) is 18.1 Å². The van der Waals surface area contributed by atoms with Gasteiger partial charge in [0.1, 0.15) is 0 Å². The fraction of sp³-hybridized carbons (Fsp3) is 0.458. The zero-order valence-electron chi connectivity index (χ0n) is 18.6. The molecule has 1 saturated heterocycles. The average Bonchev–Trinajstić information content (AvgIpc) is 2.71. The SMILES string of the molecule is CC#N.C[C@H]1CN(Cc2ccccc2)CCN(Cc2ccccc2)C[C@H]1OS(C)(=O)=O. The summed E-state index contributed by atoms with van der Waals surface area (Å²) in [5.41, 5.74) is 2.49. The highest BCUT2D eigenvalue weighted by Crippen LogP contribution is 2.19. The molecule has 3 rings (SSSR count). The van der Waals surface area contributed by atoms with Crippen LogP contribution < -0.4 is 0 Å². The van der Waals surface area contributed by atoms with Gasteiger partial charge in [-0.25, -0.2) is 0 Å². The van der Waals surface area contributed by atoms with E-state index in [0.717, 1.165) is 39.0 Å². The first-order chi connectivity index (χ1) is 14.8. The second kappa shape index (κ2) is 12.6. The molecule has 2 atom stereocenters. The van der Waals surface area contributed by atoms with Gasteiger partial charge in [0, 0.05) is 46.2 Å². The molecule has 0 saturated carbocycles. The molecular formula is C24H33N3O3S. The van der Waals surface area contributed by atoms with E-state index in [2.05, 4.69) is 53.1 Å². The maximum Gasteiger partial charge on any atom is 0.264 e. The summed E-state index contributed by atoms with van der Waals surface area (Å²) in [6.07, 6.45) is 0.791. The number of nitrogens with zero attached hydrogens (tertiary/aromatic N) is 3. The summed E-state index contributed by atoms with van der Waals surface area (Å²) in [7, 11) is -3.50. The van der Waals surface area contributed by atoms with E-state index in [0.29, 0.717) is 6.54 Å². The Bertz CT molecular complexity index is 914. The Morgan fingerprint density at radius 2 is 1.35 bits per heavy atom. The summed E-state index contributed by atoms with van der Waals surface area (Å²) >= 11 is 0. The second-order valence-corrected chi connectivity index (χ2v) is 9.58. The van der Waals surface area contributed by atoms with Gasteiger partial charge in [0.05, 0.1) is 18.4 Å². The zero-order chi connectivity index (χ0) is 22.7. The summed E-state index contributed by atoms with van der Waals surface area (Å²) in [5, 5.41) is 7.32. The molecule has 1 aliphatic heterocycles. The Morgan fingerprint density at radius 1 is 0.935 bits per heavy atom. The van der Waals surface area contributed by atoms with Gasteiger partial charge < -0.3 is 0 Å². The van der Waals surface area contributed by atoms with Gasteiger partial charge in [-0.05, 0) is 17.0 Å². The number of nitriles is 1. The summed E-state index contributed by atoms with van der Waals surface area (Å²) in [6, 6.07) is 22.5. The fourth-order valence-corrected chi connectivity index (χ4v) is 4.44. The van der Waals surface area contributed by atoms with Crippen LogP contribution in [0, 0.1) is 17.2 Å². The highest BCUT2D eigenvalue weighted by atomic mass is 32.2. The minimum absolute atomic E-state index is 0.108. The summed E-state index contributed by atoms with van der Waals surface area (Å²) < 4.78 is 29.1. The van der Waals surface area contributed by atoms with Gasteiger partial charge in [0.15, 0.2) is 0 Å². The van der Waals surface area contributed by atoms with Crippen molar-refractivity contribution in [3.63, 3.8) is 0 Å². The molecule has 0 aliphatic carbocycles. The van der Waals surface area contributed by atoms with Crippen molar-refractivity contribution in [1.82, 2.24) is 9.80 Å². The third-order valence-corrected chi connectivity index (χ3v) is 5.74. The topological polar surface area (TPSA) is 73.6 Å². The molecule has 2 aromatic rings. The predicted octanol–water partition coefficient (Wildman–Crippen LogP) is 3.52. The Labute approximate surface area is 187 Å². The standard InChI is InChI=1S/C22H30N2O3S.C2H3N/c1-19-15-23(16-20-9-5-3-6-10-20)13-14-24(17-21-11-7-4-8-12-21)18-22(19)27-28(2,25)26;1-2-3/h3-12,19,22H,13-18H2,1-2H3;1H3/t19-,22+;/m0./s1. The first-order valence-corrected chi connectivity index (χ1v) is 12.3. The molecule has 1 heterocycles. The normalized spacial score (nSPS) is 20.6. The van der Waals surface area contributed by atoms with Gasteiger partial charge in [-0.1, -0.05) is 67.6 Å². The predicted molar refractivity (Wildman–Crippen MR) is 124 cm³/mol. The van der Waals surface area contributed by atoms with Gasteiger partial charge in [-0.2, -0.15) is 13.7 Å². The molecule has 31 heavy (non-hydrogen) atoms. The lowest BCUT2D eigenvalue weighted by Gasteiger charge is -2.37. The molecule has 0 spiro atoms. The van der Waals surface area contributed by atoms with Crippen LogP contribution >= 0.6 is 0 Å². The van der Waals surface area contributed by atoms with E-state index in [9.17, 15) is 8.42 Å². The molecule has 0 radical (unpaired) electrons. The highest BCUT2D eigenvalue weighted by Gasteiger charge is 2.29. The molecule has 2 aromatic carbocycles. The largest absolute Gasteiger partial charge is 0.297 e. The van der Waals surface area contributed by atoms with E-state index in [1.807, 2.05) is 24.3 Å². The summed E-state index contributed by atoms with van der Waals surface area (Å²) in [5.74, 6) is 0.108. The monoisotopic (exact) mass is 443 g/mol. The molecule has 0 bridgehead atoms. The van der Waals surface area contributed by atoms with Crippen LogP contribution in [-0.2, 0) is 27.4 Å². The van der Waals surface area contributed by atoms with Crippen molar-refractivity contribution < 1.29 is 12.6 Å². The first kappa shape index (κ1) is 25.0. The number of hydrogen-bond donors (Lipinski definition) is 0. The first-order valence-electron chi connectivity index (χ1n) is 10.5. The van der Waals surface area contributed by atoms with Crippen molar-refractivity contribution in [2.24, 2.45) is 5.92 Å². The average molecular weight is 444 g/mol. The van der Waals surface area contributed by atoms with Crippen molar-refractivity contribution >= 4 is 10.1 Å². The molecule has 1 aliphatic rings. The van der Waals surface area contributed by atoms with E-state index < -0.39 is 10.1 Å². The molecule has 0 N–H and O–H groups in total. The summed E-state index contributed by atoms with van der Waals surface area (Å²) in [4.78, 5) is 4.70. The van der Waals surface area contributed by atoms with E-state index in [1.54, 1.807) is 6.07 Å². The molecular weight excluding hydrogens is 410 g/mol. The Balaban J connectivity index is 0.00000107. The molecule has 168 valence electrons. The van der Waals surface area contributed by atoms with Crippen LogP contribution in [-0.4, -0.2) is 56.8 Å². The van der Waals surface area contributed by atoms with Crippen LogP contribution in [0.25, 0.3) is 0 Å². The summed E-state index contributed by atoms with van der Waals surface area (Å²) in [6.45, 7) is 8.40. The lowest BCUT2D eigenvalue weighted by atomic mass is 10.0. The molecule has 7 heteroatoms. The van der Waals surface area contributed by atoms with Gasteiger partial charge in [0.25, 0.3) is 10.1 Å². The van der Waals surface area contributed by atoms with Gasteiger partial charge in [-0.3, -0.25) is 14.0 Å². The Hall–Kier alpha value is -2.24.